The van der Waals surface area contributed by atoms with Gasteiger partial charge in [-0.15, -0.1) is 0 Å². The van der Waals surface area contributed by atoms with Gasteiger partial charge in [0.25, 0.3) is 0 Å². The number of fused-ring (bicyclic) bond motifs is 9. The second kappa shape index (κ2) is 12.3. The highest BCUT2D eigenvalue weighted by Gasteiger charge is 2.23. The number of rotatable bonds is 5. The van der Waals surface area contributed by atoms with Gasteiger partial charge in [-0.1, -0.05) is 152 Å². The Hall–Kier alpha value is -7.83. The molecule has 0 unspecified atom stereocenters. The Balaban J connectivity index is 1.18. The van der Waals surface area contributed by atoms with E-state index in [1.165, 1.54) is 16.5 Å². The molecular weight excluding hydrogens is 697 g/mol. The summed E-state index contributed by atoms with van der Waals surface area (Å²) >= 11 is 0. The number of hydrogen-bond donors (Lipinski definition) is 0. The SMILES string of the molecule is c1ccc(-c2nc(-n3c4ccccc4c4ccccc43)nc(-n3c4ccccc4c4cc5c(cc43)c3ccccc3n5-c3ccccc3-c3ccccc3)n2)cc1. The first kappa shape index (κ1) is 31.5. The summed E-state index contributed by atoms with van der Waals surface area (Å²) < 4.78 is 6.82. The average Bonchev–Trinajstić information content (AvgIpc) is 3.91. The Bertz CT molecular complexity index is 3470. The van der Waals surface area contributed by atoms with Crippen molar-refractivity contribution in [1.29, 1.82) is 0 Å². The number of hydrogen-bond acceptors (Lipinski definition) is 3. The van der Waals surface area contributed by atoms with Crippen molar-refractivity contribution in [3.8, 4) is 40.1 Å². The third kappa shape index (κ3) is 4.74. The second-order valence-corrected chi connectivity index (χ2v) is 14.5. The van der Waals surface area contributed by atoms with E-state index in [4.69, 9.17) is 15.0 Å². The molecule has 12 aromatic rings. The molecule has 12 rings (SSSR count). The highest BCUT2D eigenvalue weighted by molar-refractivity contribution is 6.19. The van der Waals surface area contributed by atoms with Crippen LogP contribution in [0.25, 0.3) is 106 Å². The van der Waals surface area contributed by atoms with Gasteiger partial charge in [0.2, 0.25) is 11.9 Å². The quantitative estimate of drug-likeness (QED) is 0.177. The molecule has 0 aliphatic heterocycles. The summed E-state index contributed by atoms with van der Waals surface area (Å²) in [5, 5.41) is 6.90. The molecule has 4 aromatic heterocycles. The maximum Gasteiger partial charge on any atom is 0.240 e. The molecule has 0 spiro atoms. The van der Waals surface area contributed by atoms with Crippen LogP contribution < -0.4 is 0 Å². The van der Waals surface area contributed by atoms with Gasteiger partial charge < -0.3 is 4.57 Å². The molecule has 0 aliphatic rings. The molecule has 0 saturated heterocycles. The molecular formula is C51H32N6. The van der Waals surface area contributed by atoms with Crippen LogP contribution >= 0.6 is 0 Å². The Morgan fingerprint density at radius 1 is 0.281 bits per heavy atom. The van der Waals surface area contributed by atoms with Gasteiger partial charge in [0.15, 0.2) is 5.82 Å². The summed E-state index contributed by atoms with van der Waals surface area (Å²) in [6, 6.07) is 68.5. The molecule has 0 saturated carbocycles. The first-order valence-corrected chi connectivity index (χ1v) is 19.2. The van der Waals surface area contributed by atoms with Crippen LogP contribution in [0, 0.1) is 0 Å². The van der Waals surface area contributed by atoms with Gasteiger partial charge in [-0.25, -0.2) is 0 Å². The van der Waals surface area contributed by atoms with E-state index in [1.54, 1.807) is 0 Å². The van der Waals surface area contributed by atoms with E-state index in [1.807, 2.05) is 18.2 Å². The molecule has 0 atom stereocenters. The lowest BCUT2D eigenvalue weighted by atomic mass is 10.0. The Labute approximate surface area is 327 Å². The number of para-hydroxylation sites is 5. The van der Waals surface area contributed by atoms with Crippen LogP contribution in [0.4, 0.5) is 0 Å². The molecule has 0 aliphatic carbocycles. The van der Waals surface area contributed by atoms with Gasteiger partial charge in [-0.05, 0) is 48.0 Å². The molecule has 4 heterocycles. The Morgan fingerprint density at radius 3 is 1.21 bits per heavy atom. The predicted octanol–water partition coefficient (Wildman–Crippen LogP) is 12.5. The molecule has 0 fully saturated rings. The minimum absolute atomic E-state index is 0.560. The van der Waals surface area contributed by atoms with Crippen molar-refractivity contribution < 1.29 is 0 Å². The minimum Gasteiger partial charge on any atom is -0.309 e. The fourth-order valence-corrected chi connectivity index (χ4v) is 8.84. The van der Waals surface area contributed by atoms with Gasteiger partial charge in [-0.3, -0.25) is 9.13 Å². The van der Waals surface area contributed by atoms with Crippen molar-refractivity contribution in [2.24, 2.45) is 0 Å². The molecule has 8 aromatic carbocycles. The highest BCUT2D eigenvalue weighted by Crippen LogP contribution is 2.41. The molecule has 0 amide bonds. The van der Waals surface area contributed by atoms with Gasteiger partial charge in [0.1, 0.15) is 0 Å². The smallest absolute Gasteiger partial charge is 0.240 e. The minimum atomic E-state index is 0.560. The van der Waals surface area contributed by atoms with E-state index in [2.05, 4.69) is 190 Å². The van der Waals surface area contributed by atoms with E-state index < -0.39 is 0 Å². The van der Waals surface area contributed by atoms with E-state index in [9.17, 15) is 0 Å². The topological polar surface area (TPSA) is 53.5 Å². The summed E-state index contributed by atoms with van der Waals surface area (Å²) in [6.07, 6.45) is 0. The molecule has 266 valence electrons. The number of nitrogens with zero attached hydrogens (tertiary/aromatic N) is 6. The normalized spacial score (nSPS) is 11.9. The first-order valence-electron chi connectivity index (χ1n) is 19.2. The molecule has 57 heavy (non-hydrogen) atoms. The predicted molar refractivity (Wildman–Crippen MR) is 234 cm³/mol. The van der Waals surface area contributed by atoms with Gasteiger partial charge in [-0.2, -0.15) is 15.0 Å². The van der Waals surface area contributed by atoms with E-state index in [0.29, 0.717) is 17.7 Å². The summed E-state index contributed by atoms with van der Waals surface area (Å²) in [4.78, 5) is 15.9. The molecule has 0 bridgehead atoms. The Morgan fingerprint density at radius 2 is 0.667 bits per heavy atom. The molecule has 6 heteroatoms. The van der Waals surface area contributed by atoms with Crippen molar-refractivity contribution in [3.05, 3.63) is 194 Å². The van der Waals surface area contributed by atoms with Crippen molar-refractivity contribution in [3.63, 3.8) is 0 Å². The fraction of sp³-hybridized carbons (Fsp3) is 0. The maximum absolute atomic E-state index is 5.38. The van der Waals surface area contributed by atoms with Crippen molar-refractivity contribution >= 4 is 65.4 Å². The third-order valence-corrected chi connectivity index (χ3v) is 11.3. The lowest BCUT2D eigenvalue weighted by molar-refractivity contribution is 0.893. The summed E-state index contributed by atoms with van der Waals surface area (Å²) in [7, 11) is 0. The second-order valence-electron chi connectivity index (χ2n) is 14.5. The molecule has 6 nitrogen and oxygen atoms in total. The monoisotopic (exact) mass is 728 g/mol. The molecule has 0 N–H and O–H groups in total. The van der Waals surface area contributed by atoms with Crippen LogP contribution in [0.3, 0.4) is 0 Å². The van der Waals surface area contributed by atoms with E-state index >= 15 is 0 Å². The summed E-state index contributed by atoms with van der Waals surface area (Å²) in [5.41, 5.74) is 10.9. The Kier molecular flexibility index (Phi) is 6.83. The van der Waals surface area contributed by atoms with E-state index in [-0.39, 0.29) is 0 Å². The standard InChI is InChI=1S/C51H32N6/c1-3-17-33(18-4-1)35-21-7-12-26-42(35)55-43-27-13-10-24-38(43)40-32-48-41(31-47(40)55)39-25-11-16-30-46(39)57(48)51-53-49(34-19-5-2-6-20-34)52-50(54-51)56-44-28-14-8-22-36(44)37-23-9-15-29-45(37)56/h1-32H. The van der Waals surface area contributed by atoms with E-state index in [0.717, 1.165) is 71.3 Å². The van der Waals surface area contributed by atoms with Crippen LogP contribution in [-0.2, 0) is 0 Å². The van der Waals surface area contributed by atoms with Gasteiger partial charge in [0.05, 0.1) is 38.8 Å². The van der Waals surface area contributed by atoms with Crippen LogP contribution in [0.2, 0.25) is 0 Å². The van der Waals surface area contributed by atoms with Gasteiger partial charge in [0, 0.05) is 43.4 Å². The highest BCUT2D eigenvalue weighted by atomic mass is 15.3. The lowest BCUT2D eigenvalue weighted by Crippen LogP contribution is -2.10. The van der Waals surface area contributed by atoms with Crippen molar-refractivity contribution in [1.82, 2.24) is 28.7 Å². The third-order valence-electron chi connectivity index (χ3n) is 11.3. The van der Waals surface area contributed by atoms with Crippen LogP contribution in [0.1, 0.15) is 0 Å². The van der Waals surface area contributed by atoms with Crippen LogP contribution in [0.5, 0.6) is 0 Å². The zero-order valence-electron chi connectivity index (χ0n) is 30.7. The maximum atomic E-state index is 5.38. The number of benzene rings is 8. The summed E-state index contributed by atoms with van der Waals surface area (Å²) in [6.45, 7) is 0. The molecule has 0 radical (unpaired) electrons. The summed E-state index contributed by atoms with van der Waals surface area (Å²) in [5.74, 6) is 1.74. The zero-order valence-corrected chi connectivity index (χ0v) is 30.7. The van der Waals surface area contributed by atoms with Crippen LogP contribution in [-0.4, -0.2) is 28.7 Å². The average molecular weight is 729 g/mol. The number of aromatic nitrogens is 6. The lowest BCUT2D eigenvalue weighted by Gasteiger charge is -2.14. The van der Waals surface area contributed by atoms with Gasteiger partial charge >= 0.3 is 0 Å². The fourth-order valence-electron chi connectivity index (χ4n) is 8.84. The van der Waals surface area contributed by atoms with Crippen molar-refractivity contribution in [2.75, 3.05) is 0 Å². The largest absolute Gasteiger partial charge is 0.309 e. The van der Waals surface area contributed by atoms with Crippen LogP contribution in [0.15, 0.2) is 194 Å². The van der Waals surface area contributed by atoms with Crippen molar-refractivity contribution in [2.45, 2.75) is 0 Å². The zero-order chi connectivity index (χ0) is 37.5. The first-order chi connectivity index (χ1) is 28.3.